The van der Waals surface area contributed by atoms with Crippen LogP contribution < -0.4 is 10.6 Å². The predicted molar refractivity (Wildman–Crippen MR) is 88.6 cm³/mol. The molecule has 0 unspecified atom stereocenters. The minimum absolute atomic E-state index is 0.0926. The Morgan fingerprint density at radius 3 is 2.50 bits per heavy atom. The Balaban J connectivity index is 1.76. The van der Waals surface area contributed by atoms with Crippen LogP contribution in [-0.2, 0) is 16.0 Å². The quantitative estimate of drug-likeness (QED) is 0.887. The summed E-state index contributed by atoms with van der Waals surface area (Å²) in [5.41, 5.74) is 1.90. The van der Waals surface area contributed by atoms with Crippen LogP contribution in [0.15, 0.2) is 54.6 Å². The van der Waals surface area contributed by atoms with Gasteiger partial charge >= 0.3 is 0 Å². The molecule has 3 rings (SSSR count). The van der Waals surface area contributed by atoms with E-state index >= 15 is 0 Å². The van der Waals surface area contributed by atoms with E-state index in [0.29, 0.717) is 19.3 Å². The molecule has 0 radical (unpaired) electrons. The fourth-order valence-electron chi connectivity index (χ4n) is 2.88. The molecule has 5 heteroatoms. The summed E-state index contributed by atoms with van der Waals surface area (Å²) in [4.78, 5) is 23.7. The predicted octanol–water partition coefficient (Wildman–Crippen LogP) is 2.50. The molecule has 1 saturated heterocycles. The zero-order valence-corrected chi connectivity index (χ0v) is 13.2. The van der Waals surface area contributed by atoms with Crippen molar-refractivity contribution >= 4 is 11.8 Å². The van der Waals surface area contributed by atoms with Gasteiger partial charge in [-0.15, -0.1) is 0 Å². The van der Waals surface area contributed by atoms with Crippen LogP contribution in [0.3, 0.4) is 0 Å². The van der Waals surface area contributed by atoms with E-state index in [1.807, 2.05) is 30.3 Å². The van der Waals surface area contributed by atoms with E-state index in [4.69, 9.17) is 0 Å². The Morgan fingerprint density at radius 1 is 1.17 bits per heavy atom. The molecule has 1 fully saturated rings. The Bertz CT molecular complexity index is 716. The van der Waals surface area contributed by atoms with Crippen molar-refractivity contribution in [3.8, 4) is 0 Å². The van der Waals surface area contributed by atoms with Gasteiger partial charge in [-0.2, -0.15) is 0 Å². The van der Waals surface area contributed by atoms with Crippen molar-refractivity contribution in [1.82, 2.24) is 10.6 Å². The number of nitrogens with one attached hydrogen (secondary N) is 2. The molecule has 2 N–H and O–H groups in total. The SMILES string of the molecule is O=C1CC[C@H](C(=O)N[C@H](Cc2ccc(F)cc2)c2ccccc2)N1. The molecule has 4 nitrogen and oxygen atoms in total. The Hall–Kier alpha value is -2.69. The van der Waals surface area contributed by atoms with Crippen molar-refractivity contribution in [3.63, 3.8) is 0 Å². The molecule has 2 aromatic rings. The molecule has 0 bridgehead atoms. The van der Waals surface area contributed by atoms with E-state index in [1.165, 1.54) is 12.1 Å². The van der Waals surface area contributed by atoms with Crippen molar-refractivity contribution in [1.29, 1.82) is 0 Å². The zero-order chi connectivity index (χ0) is 16.9. The number of hydrogen-bond donors (Lipinski definition) is 2. The summed E-state index contributed by atoms with van der Waals surface area (Å²) >= 11 is 0. The molecule has 1 heterocycles. The maximum absolute atomic E-state index is 13.1. The second kappa shape index (κ2) is 7.25. The first-order valence-electron chi connectivity index (χ1n) is 8.01. The first-order chi connectivity index (χ1) is 11.6. The minimum Gasteiger partial charge on any atom is -0.347 e. The number of benzene rings is 2. The van der Waals surface area contributed by atoms with Crippen LogP contribution >= 0.6 is 0 Å². The Morgan fingerprint density at radius 2 is 1.88 bits per heavy atom. The van der Waals surface area contributed by atoms with E-state index in [0.717, 1.165) is 11.1 Å². The van der Waals surface area contributed by atoms with Crippen molar-refractivity contribution in [2.45, 2.75) is 31.3 Å². The summed E-state index contributed by atoms with van der Waals surface area (Å²) in [6.45, 7) is 0. The molecule has 0 saturated carbocycles. The molecule has 1 aliphatic heterocycles. The molecule has 2 aromatic carbocycles. The van der Waals surface area contributed by atoms with Crippen LogP contribution in [-0.4, -0.2) is 17.9 Å². The fourth-order valence-corrected chi connectivity index (χ4v) is 2.88. The smallest absolute Gasteiger partial charge is 0.243 e. The molecule has 24 heavy (non-hydrogen) atoms. The van der Waals surface area contributed by atoms with E-state index in [9.17, 15) is 14.0 Å². The van der Waals surface area contributed by atoms with Gasteiger partial charge in [-0.25, -0.2) is 4.39 Å². The van der Waals surface area contributed by atoms with Crippen LogP contribution in [0.4, 0.5) is 4.39 Å². The maximum Gasteiger partial charge on any atom is 0.243 e. The van der Waals surface area contributed by atoms with E-state index in [-0.39, 0.29) is 23.7 Å². The van der Waals surface area contributed by atoms with E-state index in [2.05, 4.69) is 10.6 Å². The van der Waals surface area contributed by atoms with Gasteiger partial charge < -0.3 is 10.6 Å². The Kier molecular flexibility index (Phi) is 4.89. The highest BCUT2D eigenvalue weighted by Crippen LogP contribution is 2.20. The average Bonchev–Trinajstić information content (AvgIpc) is 3.03. The lowest BCUT2D eigenvalue weighted by Crippen LogP contribution is -2.43. The number of amides is 2. The Labute approximate surface area is 140 Å². The second-order valence-electron chi connectivity index (χ2n) is 5.96. The molecule has 2 atom stereocenters. The van der Waals surface area contributed by atoms with Crippen LogP contribution in [0.5, 0.6) is 0 Å². The number of rotatable bonds is 5. The van der Waals surface area contributed by atoms with Crippen LogP contribution in [0.25, 0.3) is 0 Å². The summed E-state index contributed by atoms with van der Waals surface area (Å²) in [5.74, 6) is -0.561. The molecule has 2 amide bonds. The first kappa shape index (κ1) is 16.2. The van der Waals surface area contributed by atoms with Crippen molar-refractivity contribution in [3.05, 3.63) is 71.5 Å². The molecule has 0 aliphatic carbocycles. The highest BCUT2D eigenvalue weighted by molar-refractivity contribution is 5.90. The summed E-state index contributed by atoms with van der Waals surface area (Å²) < 4.78 is 13.1. The third-order valence-corrected chi connectivity index (χ3v) is 4.18. The third-order valence-electron chi connectivity index (χ3n) is 4.18. The summed E-state index contributed by atoms with van der Waals surface area (Å²) in [7, 11) is 0. The highest BCUT2D eigenvalue weighted by atomic mass is 19.1. The number of halogens is 1. The van der Waals surface area contributed by atoms with Crippen LogP contribution in [0.1, 0.15) is 30.0 Å². The van der Waals surface area contributed by atoms with Gasteiger partial charge in [0.1, 0.15) is 11.9 Å². The van der Waals surface area contributed by atoms with Crippen molar-refractivity contribution in [2.24, 2.45) is 0 Å². The molecule has 124 valence electrons. The lowest BCUT2D eigenvalue weighted by molar-refractivity contribution is -0.126. The normalized spacial score (nSPS) is 18.0. The summed E-state index contributed by atoms with van der Waals surface area (Å²) in [5, 5.41) is 5.69. The molecular formula is C19H19FN2O2. The summed E-state index contributed by atoms with van der Waals surface area (Å²) in [6.07, 6.45) is 1.45. The molecule has 0 aromatic heterocycles. The number of carbonyl (C=O) groups is 2. The van der Waals surface area contributed by atoms with Gasteiger partial charge in [0.25, 0.3) is 0 Å². The van der Waals surface area contributed by atoms with Crippen molar-refractivity contribution < 1.29 is 14.0 Å². The fraction of sp³-hybridized carbons (Fsp3) is 0.263. The van der Waals surface area contributed by atoms with E-state index < -0.39 is 6.04 Å². The topological polar surface area (TPSA) is 58.2 Å². The van der Waals surface area contributed by atoms with Gasteiger partial charge in [0.05, 0.1) is 6.04 Å². The van der Waals surface area contributed by atoms with Gasteiger partial charge in [0, 0.05) is 6.42 Å². The second-order valence-corrected chi connectivity index (χ2v) is 5.96. The number of carbonyl (C=O) groups excluding carboxylic acids is 2. The van der Waals surface area contributed by atoms with Crippen molar-refractivity contribution in [2.75, 3.05) is 0 Å². The molecule has 0 spiro atoms. The van der Waals surface area contributed by atoms with Gasteiger partial charge in [-0.3, -0.25) is 9.59 Å². The van der Waals surface area contributed by atoms with E-state index in [1.54, 1.807) is 12.1 Å². The molecule has 1 aliphatic rings. The number of hydrogen-bond acceptors (Lipinski definition) is 2. The van der Waals surface area contributed by atoms with Gasteiger partial charge in [0.2, 0.25) is 11.8 Å². The maximum atomic E-state index is 13.1. The zero-order valence-electron chi connectivity index (χ0n) is 13.2. The monoisotopic (exact) mass is 326 g/mol. The lowest BCUT2D eigenvalue weighted by atomic mass is 9.98. The van der Waals surface area contributed by atoms with Gasteiger partial charge in [0.15, 0.2) is 0 Å². The standard InChI is InChI=1S/C19H19FN2O2/c20-15-8-6-13(7-9-15)12-17(14-4-2-1-3-5-14)22-19(24)16-10-11-18(23)21-16/h1-9,16-17H,10-12H2,(H,21,23)(H,22,24)/t16-,17-/m1/s1. The highest BCUT2D eigenvalue weighted by Gasteiger charge is 2.28. The minimum atomic E-state index is -0.475. The molecular weight excluding hydrogens is 307 g/mol. The van der Waals surface area contributed by atoms with Gasteiger partial charge in [-0.1, -0.05) is 42.5 Å². The lowest BCUT2D eigenvalue weighted by Gasteiger charge is -2.21. The average molecular weight is 326 g/mol. The largest absolute Gasteiger partial charge is 0.347 e. The van der Waals surface area contributed by atoms with Crippen LogP contribution in [0.2, 0.25) is 0 Å². The van der Waals surface area contributed by atoms with Crippen LogP contribution in [0, 0.1) is 5.82 Å². The van der Waals surface area contributed by atoms with Gasteiger partial charge in [-0.05, 0) is 36.1 Å². The first-order valence-corrected chi connectivity index (χ1v) is 8.01. The summed E-state index contributed by atoms with van der Waals surface area (Å²) in [6, 6.07) is 15.2. The third kappa shape index (κ3) is 3.98.